The van der Waals surface area contributed by atoms with Crippen LogP contribution in [0.15, 0.2) is 0 Å². The van der Waals surface area contributed by atoms with Crippen molar-refractivity contribution in [3.63, 3.8) is 0 Å². The molecule has 94 valence electrons. The van der Waals surface area contributed by atoms with Gasteiger partial charge in [0.15, 0.2) is 0 Å². The van der Waals surface area contributed by atoms with Crippen molar-refractivity contribution in [1.29, 1.82) is 0 Å². The minimum Gasteiger partial charge on any atom is -0.480 e. The highest BCUT2D eigenvalue weighted by Gasteiger charge is 2.24. The minimum absolute atomic E-state index is 0.0578. The molecular formula is C12H23NO3. The molecule has 0 heterocycles. The van der Waals surface area contributed by atoms with Gasteiger partial charge in [-0.3, -0.25) is 4.79 Å². The number of hydrogen-bond acceptors (Lipinski definition) is 2. The lowest BCUT2D eigenvalue weighted by Gasteiger charge is -2.27. The van der Waals surface area contributed by atoms with E-state index in [1.54, 1.807) is 6.92 Å². The minimum atomic E-state index is -0.973. The summed E-state index contributed by atoms with van der Waals surface area (Å²) in [6.45, 7) is 9.95. The number of rotatable bonds is 5. The van der Waals surface area contributed by atoms with Crippen LogP contribution in [0.3, 0.4) is 0 Å². The fourth-order valence-corrected chi connectivity index (χ4v) is 1.18. The van der Waals surface area contributed by atoms with Gasteiger partial charge in [-0.05, 0) is 17.8 Å². The van der Waals surface area contributed by atoms with Crippen LogP contribution in [0.25, 0.3) is 0 Å². The molecule has 0 aromatic carbocycles. The molecular weight excluding hydrogens is 206 g/mol. The topological polar surface area (TPSA) is 66.4 Å². The Hall–Kier alpha value is -1.06. The van der Waals surface area contributed by atoms with Gasteiger partial charge < -0.3 is 10.4 Å². The maximum absolute atomic E-state index is 11.6. The molecule has 0 aliphatic carbocycles. The predicted octanol–water partition coefficient (Wildman–Crippen LogP) is 2.04. The summed E-state index contributed by atoms with van der Waals surface area (Å²) in [4.78, 5) is 22.3. The van der Waals surface area contributed by atoms with Crippen LogP contribution in [0, 0.1) is 11.3 Å². The van der Waals surface area contributed by atoms with Gasteiger partial charge in [0.2, 0.25) is 5.91 Å². The Balaban J connectivity index is 4.23. The molecule has 0 radical (unpaired) electrons. The molecule has 0 spiro atoms. The van der Waals surface area contributed by atoms with Crippen LogP contribution >= 0.6 is 0 Å². The summed E-state index contributed by atoms with van der Waals surface area (Å²) in [5, 5.41) is 11.3. The molecule has 1 unspecified atom stereocenters. The maximum atomic E-state index is 11.6. The average molecular weight is 229 g/mol. The second-order valence-electron chi connectivity index (χ2n) is 5.34. The molecule has 4 heteroatoms. The Morgan fingerprint density at radius 3 is 2.12 bits per heavy atom. The largest absolute Gasteiger partial charge is 0.480 e. The first-order chi connectivity index (χ1) is 7.18. The second-order valence-corrected chi connectivity index (χ2v) is 5.34. The fraction of sp³-hybridized carbons (Fsp3) is 0.833. The Kier molecular flexibility index (Phi) is 5.48. The molecule has 0 aliphatic rings. The van der Waals surface area contributed by atoms with Crippen molar-refractivity contribution in [2.45, 2.75) is 53.5 Å². The third kappa shape index (κ3) is 5.14. The monoisotopic (exact) mass is 229 g/mol. The maximum Gasteiger partial charge on any atom is 0.326 e. The van der Waals surface area contributed by atoms with E-state index in [0.717, 1.165) is 0 Å². The molecule has 0 saturated heterocycles. The van der Waals surface area contributed by atoms with Crippen molar-refractivity contribution in [2.75, 3.05) is 0 Å². The smallest absolute Gasteiger partial charge is 0.326 e. The molecule has 1 amide bonds. The Morgan fingerprint density at radius 2 is 1.81 bits per heavy atom. The second kappa shape index (κ2) is 5.87. The lowest BCUT2D eigenvalue weighted by Crippen LogP contribution is -2.41. The molecule has 0 rings (SSSR count). The first-order valence-corrected chi connectivity index (χ1v) is 5.70. The number of hydrogen-bond donors (Lipinski definition) is 2. The van der Waals surface area contributed by atoms with E-state index >= 15 is 0 Å². The molecule has 0 aromatic heterocycles. The zero-order valence-corrected chi connectivity index (χ0v) is 10.8. The molecule has 0 saturated carbocycles. The molecule has 0 bridgehead atoms. The highest BCUT2D eigenvalue weighted by molar-refractivity contribution is 5.83. The summed E-state index contributed by atoms with van der Waals surface area (Å²) in [6.07, 6.45) is 0.776. The zero-order valence-electron chi connectivity index (χ0n) is 10.8. The van der Waals surface area contributed by atoms with Gasteiger partial charge in [-0.15, -0.1) is 0 Å². The normalized spacial score (nSPS) is 15.3. The van der Waals surface area contributed by atoms with Crippen LogP contribution < -0.4 is 5.32 Å². The summed E-state index contributed by atoms with van der Waals surface area (Å²) in [6, 6.07) is -0.764. The molecule has 2 N–H and O–H groups in total. The highest BCUT2D eigenvalue weighted by Crippen LogP contribution is 2.27. The van der Waals surface area contributed by atoms with Gasteiger partial charge in [0.05, 0.1) is 0 Å². The number of carbonyl (C=O) groups is 2. The molecule has 0 aliphatic heterocycles. The standard InChI is InChI=1S/C12H23NO3/c1-6-9(11(15)16)13-10(14)7-8(2)12(3,4)5/h8-9H,6-7H2,1-5H3,(H,13,14)(H,15,16)/t8?,9-/m0/s1. The summed E-state index contributed by atoms with van der Waals surface area (Å²) in [7, 11) is 0. The van der Waals surface area contributed by atoms with Crippen molar-refractivity contribution in [3.05, 3.63) is 0 Å². The van der Waals surface area contributed by atoms with Gasteiger partial charge in [0.25, 0.3) is 0 Å². The first kappa shape index (κ1) is 14.9. The SMILES string of the molecule is CC[C@H](NC(=O)CC(C)C(C)(C)C)C(=O)O. The van der Waals surface area contributed by atoms with Crippen molar-refractivity contribution in [2.24, 2.45) is 11.3 Å². The van der Waals surface area contributed by atoms with E-state index in [4.69, 9.17) is 5.11 Å². The number of carbonyl (C=O) groups excluding carboxylic acids is 1. The van der Waals surface area contributed by atoms with E-state index in [1.165, 1.54) is 0 Å². The van der Waals surface area contributed by atoms with Crippen LogP contribution in [0.2, 0.25) is 0 Å². The third-order valence-electron chi connectivity index (χ3n) is 3.01. The fourth-order valence-electron chi connectivity index (χ4n) is 1.18. The quantitative estimate of drug-likeness (QED) is 0.758. The number of aliphatic carboxylic acids is 1. The summed E-state index contributed by atoms with van der Waals surface area (Å²) < 4.78 is 0. The van der Waals surface area contributed by atoms with Gasteiger partial charge in [-0.2, -0.15) is 0 Å². The van der Waals surface area contributed by atoms with E-state index in [0.29, 0.717) is 12.8 Å². The Bertz CT molecular complexity index is 255. The summed E-state index contributed by atoms with van der Waals surface area (Å²) in [5.74, 6) is -0.935. The number of carboxylic acid groups (broad SMARTS) is 1. The van der Waals surface area contributed by atoms with E-state index in [9.17, 15) is 9.59 Å². The molecule has 0 aromatic rings. The highest BCUT2D eigenvalue weighted by atomic mass is 16.4. The van der Waals surface area contributed by atoms with Crippen molar-refractivity contribution >= 4 is 11.9 Å². The lowest BCUT2D eigenvalue weighted by atomic mass is 9.80. The summed E-state index contributed by atoms with van der Waals surface area (Å²) in [5.41, 5.74) is 0.0578. The van der Waals surface area contributed by atoms with Crippen LogP contribution in [0.1, 0.15) is 47.5 Å². The van der Waals surface area contributed by atoms with Gasteiger partial charge in [-0.25, -0.2) is 4.79 Å². The zero-order chi connectivity index (χ0) is 12.9. The number of amides is 1. The van der Waals surface area contributed by atoms with Gasteiger partial charge >= 0.3 is 5.97 Å². The molecule has 16 heavy (non-hydrogen) atoms. The third-order valence-corrected chi connectivity index (χ3v) is 3.01. The van der Waals surface area contributed by atoms with Crippen LogP contribution in [0.5, 0.6) is 0 Å². The Morgan fingerprint density at radius 1 is 1.31 bits per heavy atom. The lowest BCUT2D eigenvalue weighted by molar-refractivity contribution is -0.142. The van der Waals surface area contributed by atoms with E-state index in [-0.39, 0.29) is 17.2 Å². The molecule has 4 nitrogen and oxygen atoms in total. The number of nitrogens with one attached hydrogen (secondary N) is 1. The van der Waals surface area contributed by atoms with Crippen molar-refractivity contribution < 1.29 is 14.7 Å². The Labute approximate surface area is 97.4 Å². The van der Waals surface area contributed by atoms with E-state index in [1.807, 2.05) is 6.92 Å². The first-order valence-electron chi connectivity index (χ1n) is 5.70. The van der Waals surface area contributed by atoms with Crippen LogP contribution in [-0.2, 0) is 9.59 Å². The van der Waals surface area contributed by atoms with Crippen LogP contribution in [-0.4, -0.2) is 23.0 Å². The van der Waals surface area contributed by atoms with Gasteiger partial charge in [0, 0.05) is 6.42 Å². The predicted molar refractivity (Wildman–Crippen MR) is 63.1 cm³/mol. The van der Waals surface area contributed by atoms with Gasteiger partial charge in [-0.1, -0.05) is 34.6 Å². The average Bonchev–Trinajstić information content (AvgIpc) is 2.11. The molecule has 2 atom stereocenters. The number of carboxylic acids is 1. The van der Waals surface area contributed by atoms with Crippen LogP contribution in [0.4, 0.5) is 0 Å². The van der Waals surface area contributed by atoms with E-state index in [2.05, 4.69) is 26.1 Å². The van der Waals surface area contributed by atoms with E-state index < -0.39 is 12.0 Å². The summed E-state index contributed by atoms with van der Waals surface area (Å²) >= 11 is 0. The van der Waals surface area contributed by atoms with Gasteiger partial charge in [0.1, 0.15) is 6.04 Å². The molecule has 0 fully saturated rings. The van der Waals surface area contributed by atoms with Crippen molar-refractivity contribution in [3.8, 4) is 0 Å². The van der Waals surface area contributed by atoms with Crippen molar-refractivity contribution in [1.82, 2.24) is 5.32 Å².